The summed E-state index contributed by atoms with van der Waals surface area (Å²) >= 11 is 3.48. The van der Waals surface area contributed by atoms with Crippen LogP contribution in [-0.2, 0) is 11.3 Å². The Balaban J connectivity index is 2.11. The molecule has 1 aromatic carbocycles. The van der Waals surface area contributed by atoms with E-state index < -0.39 is 0 Å². The second-order valence-corrected chi connectivity index (χ2v) is 4.73. The highest BCUT2D eigenvalue weighted by Gasteiger charge is 2.07. The van der Waals surface area contributed by atoms with Crippen LogP contribution in [0.15, 0.2) is 34.9 Å². The monoisotopic (exact) mass is 305 g/mol. The molecule has 18 heavy (non-hydrogen) atoms. The Kier molecular flexibility index (Phi) is 4.00. The van der Waals surface area contributed by atoms with Gasteiger partial charge in [0.25, 0.3) is 0 Å². The third-order valence-electron chi connectivity index (χ3n) is 2.63. The van der Waals surface area contributed by atoms with Crippen LogP contribution in [0, 0.1) is 11.3 Å². The topological polar surface area (TPSA) is 57.8 Å². The number of halogens is 1. The average molecular weight is 306 g/mol. The molecular formula is C13H12BrN3O. The third-order valence-corrected chi connectivity index (χ3v) is 3.32. The Morgan fingerprint density at radius 2 is 2.28 bits per heavy atom. The van der Waals surface area contributed by atoms with Gasteiger partial charge in [-0.25, -0.2) is 0 Å². The number of rotatable bonds is 4. The van der Waals surface area contributed by atoms with Crippen LogP contribution < -0.4 is 5.32 Å². The summed E-state index contributed by atoms with van der Waals surface area (Å²) in [5.74, 6) is -0.0808. The van der Waals surface area contributed by atoms with Crippen LogP contribution in [0.5, 0.6) is 0 Å². The highest BCUT2D eigenvalue weighted by atomic mass is 79.9. The molecule has 5 heteroatoms. The van der Waals surface area contributed by atoms with Gasteiger partial charge in [0.1, 0.15) is 6.54 Å². The van der Waals surface area contributed by atoms with E-state index in [0.29, 0.717) is 13.0 Å². The molecule has 4 nitrogen and oxygen atoms in total. The van der Waals surface area contributed by atoms with Crippen molar-refractivity contribution in [3.63, 3.8) is 0 Å². The van der Waals surface area contributed by atoms with Gasteiger partial charge in [0, 0.05) is 28.1 Å². The van der Waals surface area contributed by atoms with Crippen molar-refractivity contribution in [1.82, 2.24) is 9.88 Å². The number of nitrogens with one attached hydrogen (secondary N) is 1. The lowest BCUT2D eigenvalue weighted by molar-refractivity contribution is -0.121. The fourth-order valence-corrected chi connectivity index (χ4v) is 2.28. The number of carbonyl (C=O) groups excluding carboxylic acids is 1. The number of hydrogen-bond acceptors (Lipinski definition) is 2. The SMILES string of the molecule is N#CCCNC(=O)Cn1ccc2c(Br)cccc21. The van der Waals surface area contributed by atoms with E-state index in [1.165, 1.54) is 0 Å². The van der Waals surface area contributed by atoms with Gasteiger partial charge >= 0.3 is 0 Å². The first-order chi connectivity index (χ1) is 8.72. The first-order valence-electron chi connectivity index (χ1n) is 5.59. The number of nitriles is 1. The minimum atomic E-state index is -0.0808. The maximum atomic E-state index is 11.7. The number of fused-ring (bicyclic) bond motifs is 1. The van der Waals surface area contributed by atoms with Crippen LogP contribution in [0.3, 0.4) is 0 Å². The van der Waals surface area contributed by atoms with E-state index in [-0.39, 0.29) is 12.5 Å². The summed E-state index contributed by atoms with van der Waals surface area (Å²) in [6.45, 7) is 0.670. The van der Waals surface area contributed by atoms with Gasteiger partial charge in [-0.15, -0.1) is 0 Å². The summed E-state index contributed by atoms with van der Waals surface area (Å²) in [5, 5.41) is 12.2. The first-order valence-corrected chi connectivity index (χ1v) is 6.38. The number of carbonyl (C=O) groups is 1. The molecule has 0 aliphatic heterocycles. The quantitative estimate of drug-likeness (QED) is 0.882. The van der Waals surface area contributed by atoms with Crippen LogP contribution in [0.25, 0.3) is 10.9 Å². The van der Waals surface area contributed by atoms with Gasteiger partial charge in [0.05, 0.1) is 12.5 Å². The fourth-order valence-electron chi connectivity index (χ4n) is 1.79. The lowest BCUT2D eigenvalue weighted by Crippen LogP contribution is -2.27. The summed E-state index contributed by atoms with van der Waals surface area (Å²) in [4.78, 5) is 11.7. The Bertz CT molecular complexity index is 612. The Morgan fingerprint density at radius 3 is 3.06 bits per heavy atom. The standard InChI is InChI=1S/C13H12BrN3O/c14-11-3-1-4-12-10(11)5-8-17(12)9-13(18)16-7-2-6-15/h1,3-5,8H,2,7,9H2,(H,16,18). The summed E-state index contributed by atoms with van der Waals surface area (Å²) in [7, 11) is 0. The molecule has 2 aromatic rings. The molecule has 0 aliphatic carbocycles. The average Bonchev–Trinajstić information content (AvgIpc) is 2.74. The van der Waals surface area contributed by atoms with Crippen molar-refractivity contribution in [2.75, 3.05) is 6.54 Å². The molecule has 1 N–H and O–H groups in total. The molecule has 0 saturated heterocycles. The molecule has 0 atom stereocenters. The van der Waals surface area contributed by atoms with Crippen molar-refractivity contribution in [2.45, 2.75) is 13.0 Å². The van der Waals surface area contributed by atoms with Crippen molar-refractivity contribution in [3.8, 4) is 6.07 Å². The summed E-state index contributed by atoms with van der Waals surface area (Å²) in [6.07, 6.45) is 2.23. The molecule has 1 heterocycles. The smallest absolute Gasteiger partial charge is 0.239 e. The first kappa shape index (κ1) is 12.7. The van der Waals surface area contributed by atoms with Crippen molar-refractivity contribution in [2.24, 2.45) is 0 Å². The van der Waals surface area contributed by atoms with Crippen LogP contribution in [0.1, 0.15) is 6.42 Å². The molecule has 1 aromatic heterocycles. The molecule has 92 valence electrons. The van der Waals surface area contributed by atoms with E-state index in [0.717, 1.165) is 15.4 Å². The second-order valence-electron chi connectivity index (χ2n) is 3.87. The predicted molar refractivity (Wildman–Crippen MR) is 72.9 cm³/mol. The van der Waals surface area contributed by atoms with Gasteiger partial charge in [-0.2, -0.15) is 5.26 Å². The zero-order chi connectivity index (χ0) is 13.0. The highest BCUT2D eigenvalue weighted by molar-refractivity contribution is 9.10. The zero-order valence-electron chi connectivity index (χ0n) is 9.69. The number of benzene rings is 1. The maximum Gasteiger partial charge on any atom is 0.239 e. The molecule has 2 rings (SSSR count). The number of nitrogens with zero attached hydrogens (tertiary/aromatic N) is 2. The normalized spacial score (nSPS) is 10.2. The zero-order valence-corrected chi connectivity index (χ0v) is 11.3. The number of amides is 1. The number of aromatic nitrogens is 1. The summed E-state index contributed by atoms with van der Waals surface area (Å²) in [6, 6.07) is 9.85. The van der Waals surface area contributed by atoms with Crippen molar-refractivity contribution in [1.29, 1.82) is 5.26 Å². The van der Waals surface area contributed by atoms with Crippen molar-refractivity contribution < 1.29 is 4.79 Å². The van der Waals surface area contributed by atoms with E-state index in [9.17, 15) is 4.79 Å². The maximum absolute atomic E-state index is 11.7. The van der Waals surface area contributed by atoms with Gasteiger partial charge in [0.2, 0.25) is 5.91 Å². The minimum absolute atomic E-state index is 0.0808. The van der Waals surface area contributed by atoms with Gasteiger partial charge < -0.3 is 9.88 Å². The van der Waals surface area contributed by atoms with Crippen LogP contribution in [0.2, 0.25) is 0 Å². The Labute approximate surface area is 113 Å². The fraction of sp³-hybridized carbons (Fsp3) is 0.231. The van der Waals surface area contributed by atoms with E-state index in [4.69, 9.17) is 5.26 Å². The predicted octanol–water partition coefficient (Wildman–Crippen LogP) is 2.43. The Hall–Kier alpha value is -1.80. The molecule has 0 aliphatic rings. The summed E-state index contributed by atoms with van der Waals surface area (Å²) < 4.78 is 2.91. The largest absolute Gasteiger partial charge is 0.354 e. The molecule has 0 spiro atoms. The van der Waals surface area contributed by atoms with E-state index >= 15 is 0 Å². The van der Waals surface area contributed by atoms with Crippen molar-refractivity contribution in [3.05, 3.63) is 34.9 Å². The van der Waals surface area contributed by atoms with Gasteiger partial charge in [0.15, 0.2) is 0 Å². The van der Waals surface area contributed by atoms with Gasteiger partial charge in [-0.1, -0.05) is 22.0 Å². The summed E-state index contributed by atoms with van der Waals surface area (Å²) in [5.41, 5.74) is 1.01. The van der Waals surface area contributed by atoms with Crippen LogP contribution in [0.4, 0.5) is 0 Å². The molecule has 0 saturated carbocycles. The molecule has 1 amide bonds. The second kappa shape index (κ2) is 5.69. The van der Waals surface area contributed by atoms with Crippen LogP contribution in [-0.4, -0.2) is 17.0 Å². The lowest BCUT2D eigenvalue weighted by atomic mass is 10.2. The van der Waals surface area contributed by atoms with E-state index in [1.807, 2.05) is 41.1 Å². The number of hydrogen-bond donors (Lipinski definition) is 1. The molecule has 0 unspecified atom stereocenters. The third kappa shape index (κ3) is 2.71. The van der Waals surface area contributed by atoms with E-state index in [2.05, 4.69) is 21.2 Å². The van der Waals surface area contributed by atoms with Crippen LogP contribution >= 0.6 is 15.9 Å². The van der Waals surface area contributed by atoms with Crippen molar-refractivity contribution >= 4 is 32.7 Å². The molecular weight excluding hydrogens is 294 g/mol. The Morgan fingerprint density at radius 1 is 1.44 bits per heavy atom. The molecule has 0 bridgehead atoms. The molecule has 0 fully saturated rings. The lowest BCUT2D eigenvalue weighted by Gasteiger charge is -2.06. The van der Waals surface area contributed by atoms with E-state index in [1.54, 1.807) is 0 Å². The highest BCUT2D eigenvalue weighted by Crippen LogP contribution is 2.24. The minimum Gasteiger partial charge on any atom is -0.354 e. The van der Waals surface area contributed by atoms with Gasteiger partial charge in [-0.05, 0) is 18.2 Å². The van der Waals surface area contributed by atoms with Gasteiger partial charge in [-0.3, -0.25) is 4.79 Å². The molecule has 0 radical (unpaired) electrons.